The SMILES string of the molecule is CCCOSC(=O)SC(Cn1ccnc1)c1ccc(Br)cc1Br. The van der Waals surface area contributed by atoms with E-state index in [4.69, 9.17) is 4.18 Å². The summed E-state index contributed by atoms with van der Waals surface area (Å²) in [5.41, 5.74) is 1.07. The molecule has 1 heterocycles. The Morgan fingerprint density at radius 1 is 1.43 bits per heavy atom. The minimum atomic E-state index is -0.0432. The Bertz CT molecular complexity index is 638. The molecule has 1 aromatic heterocycles. The van der Waals surface area contributed by atoms with Gasteiger partial charge in [0.15, 0.2) is 0 Å². The first-order valence-corrected chi connectivity index (χ1v) is 10.2. The summed E-state index contributed by atoms with van der Waals surface area (Å²) in [7, 11) is 0. The lowest BCUT2D eigenvalue weighted by Crippen LogP contribution is -2.07. The number of thioether (sulfide) groups is 1. The summed E-state index contributed by atoms with van der Waals surface area (Å²) in [6.07, 6.45) is 6.28. The number of rotatable bonds is 7. The molecule has 0 saturated heterocycles. The molecule has 1 atom stereocenters. The predicted octanol–water partition coefficient (Wildman–Crippen LogP) is 6.08. The normalized spacial score (nSPS) is 12.3. The Hall–Kier alpha value is -0.280. The number of hydrogen-bond acceptors (Lipinski definition) is 5. The first kappa shape index (κ1) is 19.1. The van der Waals surface area contributed by atoms with Crippen molar-refractivity contribution in [3.8, 4) is 0 Å². The first-order valence-electron chi connectivity index (χ1n) is 7.01. The van der Waals surface area contributed by atoms with E-state index in [1.807, 2.05) is 35.9 Å². The molecule has 1 aromatic carbocycles. The smallest absolute Gasteiger partial charge is 0.273 e. The molecule has 0 aliphatic rings. The zero-order valence-corrected chi connectivity index (χ0v) is 17.3. The molecule has 23 heavy (non-hydrogen) atoms. The van der Waals surface area contributed by atoms with Crippen molar-refractivity contribution in [2.24, 2.45) is 0 Å². The van der Waals surface area contributed by atoms with Crippen molar-refractivity contribution in [1.29, 1.82) is 0 Å². The molecule has 124 valence electrons. The summed E-state index contributed by atoms with van der Waals surface area (Å²) in [4.78, 5) is 16.2. The maximum absolute atomic E-state index is 12.2. The fourth-order valence-corrected chi connectivity index (χ4v) is 5.14. The van der Waals surface area contributed by atoms with Crippen LogP contribution in [-0.2, 0) is 10.7 Å². The van der Waals surface area contributed by atoms with Crippen LogP contribution in [-0.4, -0.2) is 20.6 Å². The highest BCUT2D eigenvalue weighted by Gasteiger charge is 2.21. The van der Waals surface area contributed by atoms with Crippen molar-refractivity contribution in [3.63, 3.8) is 0 Å². The van der Waals surface area contributed by atoms with Gasteiger partial charge in [-0.1, -0.05) is 56.6 Å². The zero-order valence-electron chi connectivity index (χ0n) is 12.4. The van der Waals surface area contributed by atoms with Gasteiger partial charge in [-0.2, -0.15) is 0 Å². The average molecular weight is 480 g/mol. The minimum absolute atomic E-state index is 0.0306. The highest BCUT2D eigenvalue weighted by atomic mass is 79.9. The molecule has 0 aliphatic carbocycles. The van der Waals surface area contributed by atoms with Gasteiger partial charge in [0.25, 0.3) is 4.45 Å². The molecular weight excluding hydrogens is 464 g/mol. The standard InChI is InChI=1S/C15H16Br2N2O2S2/c1-2-7-21-23-15(20)22-14(9-19-6-5-18-10-19)12-4-3-11(16)8-13(12)17/h3-6,8,10,14H,2,7,9H2,1H3. The molecule has 0 radical (unpaired) electrons. The van der Waals surface area contributed by atoms with Crippen LogP contribution in [0.3, 0.4) is 0 Å². The van der Waals surface area contributed by atoms with Crippen LogP contribution in [0.4, 0.5) is 4.79 Å². The van der Waals surface area contributed by atoms with Crippen LogP contribution >= 0.6 is 55.7 Å². The van der Waals surface area contributed by atoms with Crippen molar-refractivity contribution in [3.05, 3.63) is 51.4 Å². The van der Waals surface area contributed by atoms with Crippen LogP contribution in [0.5, 0.6) is 0 Å². The summed E-state index contributed by atoms with van der Waals surface area (Å²) < 4.78 is 9.16. The molecule has 2 aromatic rings. The van der Waals surface area contributed by atoms with Gasteiger partial charge in [0.1, 0.15) is 0 Å². The summed E-state index contributed by atoms with van der Waals surface area (Å²) in [5, 5.41) is -0.0306. The van der Waals surface area contributed by atoms with Crippen molar-refractivity contribution < 1.29 is 8.98 Å². The quantitative estimate of drug-likeness (QED) is 0.355. The van der Waals surface area contributed by atoms with Gasteiger partial charge in [-0.05, 0) is 24.1 Å². The maximum atomic E-state index is 12.2. The fraction of sp³-hybridized carbons (Fsp3) is 0.333. The lowest BCUT2D eigenvalue weighted by atomic mass is 10.1. The Kier molecular flexibility index (Phi) is 8.18. The second-order valence-electron chi connectivity index (χ2n) is 4.69. The van der Waals surface area contributed by atoms with Crippen LogP contribution in [0.25, 0.3) is 0 Å². The van der Waals surface area contributed by atoms with Crippen LogP contribution in [0.1, 0.15) is 24.2 Å². The summed E-state index contributed by atoms with van der Waals surface area (Å²) in [5.74, 6) is 0. The number of hydrogen-bond donors (Lipinski definition) is 0. The molecule has 4 nitrogen and oxygen atoms in total. The van der Waals surface area contributed by atoms with E-state index in [0.29, 0.717) is 13.2 Å². The van der Waals surface area contributed by atoms with E-state index in [1.54, 1.807) is 12.5 Å². The van der Waals surface area contributed by atoms with Gasteiger partial charge in [-0.15, -0.1) is 0 Å². The van der Waals surface area contributed by atoms with Crippen LogP contribution < -0.4 is 0 Å². The van der Waals surface area contributed by atoms with Crippen LogP contribution in [0.2, 0.25) is 0 Å². The second kappa shape index (κ2) is 9.88. The van der Waals surface area contributed by atoms with Gasteiger partial charge in [0.05, 0.1) is 30.2 Å². The number of halogens is 2. The first-order chi connectivity index (χ1) is 11.1. The van der Waals surface area contributed by atoms with Gasteiger partial charge in [0, 0.05) is 27.9 Å². The number of aromatic nitrogens is 2. The van der Waals surface area contributed by atoms with E-state index < -0.39 is 0 Å². The fourth-order valence-electron chi connectivity index (χ4n) is 1.86. The van der Waals surface area contributed by atoms with Crippen LogP contribution in [0.15, 0.2) is 45.9 Å². The van der Waals surface area contributed by atoms with E-state index in [0.717, 1.165) is 33.0 Å². The van der Waals surface area contributed by atoms with Gasteiger partial charge in [0.2, 0.25) is 0 Å². The van der Waals surface area contributed by atoms with Gasteiger partial charge >= 0.3 is 0 Å². The maximum Gasteiger partial charge on any atom is 0.273 e. The average Bonchev–Trinajstić information content (AvgIpc) is 3.00. The Balaban J connectivity index is 2.12. The van der Waals surface area contributed by atoms with Crippen molar-refractivity contribution >= 4 is 60.1 Å². The third-order valence-electron chi connectivity index (χ3n) is 2.90. The third-order valence-corrected chi connectivity index (χ3v) is 5.87. The number of carbonyl (C=O) groups is 1. The lowest BCUT2D eigenvalue weighted by molar-refractivity contribution is 0.273. The molecule has 0 spiro atoms. The van der Waals surface area contributed by atoms with Crippen molar-refractivity contribution in [1.82, 2.24) is 9.55 Å². The Morgan fingerprint density at radius 2 is 2.26 bits per heavy atom. The predicted molar refractivity (Wildman–Crippen MR) is 104 cm³/mol. The molecule has 0 aliphatic heterocycles. The van der Waals surface area contributed by atoms with E-state index in [2.05, 4.69) is 36.8 Å². The largest absolute Gasteiger partial charge is 0.336 e. The molecule has 0 fully saturated rings. The van der Waals surface area contributed by atoms with Gasteiger partial charge in [-0.3, -0.25) is 4.79 Å². The summed E-state index contributed by atoms with van der Waals surface area (Å²) in [6.45, 7) is 3.25. The highest BCUT2D eigenvalue weighted by Crippen LogP contribution is 2.39. The number of carbonyl (C=O) groups excluding carboxylic acids is 1. The summed E-state index contributed by atoms with van der Waals surface area (Å²) in [6, 6.07) is 5.99. The second-order valence-corrected chi connectivity index (χ2v) is 8.66. The third kappa shape index (κ3) is 6.26. The molecule has 1 unspecified atom stereocenters. The van der Waals surface area contributed by atoms with Crippen LogP contribution in [0, 0.1) is 0 Å². The molecular formula is C15H16Br2N2O2S2. The molecule has 0 bridgehead atoms. The minimum Gasteiger partial charge on any atom is -0.336 e. The number of imidazole rings is 1. The van der Waals surface area contributed by atoms with Crippen molar-refractivity contribution in [2.45, 2.75) is 25.1 Å². The van der Waals surface area contributed by atoms with E-state index in [1.165, 1.54) is 11.8 Å². The molecule has 8 heteroatoms. The number of benzene rings is 1. The molecule has 0 N–H and O–H groups in total. The number of nitrogens with zero attached hydrogens (tertiary/aromatic N) is 2. The molecule has 0 amide bonds. The Morgan fingerprint density at radius 3 is 2.91 bits per heavy atom. The lowest BCUT2D eigenvalue weighted by Gasteiger charge is -2.18. The molecule has 2 rings (SSSR count). The monoisotopic (exact) mass is 478 g/mol. The van der Waals surface area contributed by atoms with Gasteiger partial charge in [-0.25, -0.2) is 4.98 Å². The van der Waals surface area contributed by atoms with E-state index in [9.17, 15) is 4.79 Å². The summed E-state index contributed by atoms with van der Waals surface area (Å²) >= 11 is 9.24. The van der Waals surface area contributed by atoms with Gasteiger partial charge < -0.3 is 8.75 Å². The topological polar surface area (TPSA) is 44.1 Å². The Labute approximate surface area is 161 Å². The molecule has 0 saturated carbocycles. The van der Waals surface area contributed by atoms with E-state index >= 15 is 0 Å². The van der Waals surface area contributed by atoms with E-state index in [-0.39, 0.29) is 9.70 Å². The highest BCUT2D eigenvalue weighted by molar-refractivity contribution is 9.11. The van der Waals surface area contributed by atoms with Crippen molar-refractivity contribution in [2.75, 3.05) is 6.61 Å². The zero-order chi connectivity index (χ0) is 16.7.